The van der Waals surface area contributed by atoms with E-state index in [4.69, 9.17) is 9.47 Å². The molecular weight excluding hydrogens is 370 g/mol. The third kappa shape index (κ3) is 10.1. The number of carbonyl (C=O) groups excluding carboxylic acids is 2. The average Bonchev–Trinajstić information content (AvgIpc) is 2.57. The maximum absolute atomic E-state index is 12.3. The largest absolute Gasteiger partial charge is 0.462 e. The lowest BCUT2D eigenvalue weighted by molar-refractivity contribution is -0.108. The van der Waals surface area contributed by atoms with E-state index < -0.39 is 11.7 Å². The summed E-state index contributed by atoms with van der Waals surface area (Å²) in [6.07, 6.45) is 4.19. The smallest absolute Gasteiger partial charge is 0.412 e. The summed E-state index contributed by atoms with van der Waals surface area (Å²) in [5.41, 5.74) is 0.267. The number of rotatable bonds is 8. The van der Waals surface area contributed by atoms with E-state index in [1.54, 1.807) is 69.1 Å². The zero-order valence-corrected chi connectivity index (χ0v) is 18.3. The first-order chi connectivity index (χ1) is 13.5. The van der Waals surface area contributed by atoms with E-state index in [9.17, 15) is 9.59 Å². The third-order valence-corrected chi connectivity index (χ3v) is 3.20. The number of benzene rings is 1. The molecule has 0 bridgehead atoms. The predicted octanol–water partition coefficient (Wildman–Crippen LogP) is 4.42. The van der Waals surface area contributed by atoms with Crippen LogP contribution in [0.4, 0.5) is 10.5 Å². The van der Waals surface area contributed by atoms with Crippen LogP contribution in [0.25, 0.3) is 0 Å². The van der Waals surface area contributed by atoms with Crippen molar-refractivity contribution >= 4 is 23.3 Å². The summed E-state index contributed by atoms with van der Waals surface area (Å²) in [5.74, 6) is 0.807. The van der Waals surface area contributed by atoms with Crippen molar-refractivity contribution in [1.82, 2.24) is 4.90 Å². The van der Waals surface area contributed by atoms with Gasteiger partial charge in [0.2, 0.25) is 5.78 Å². The van der Waals surface area contributed by atoms with E-state index in [1.165, 1.54) is 6.08 Å². The van der Waals surface area contributed by atoms with Crippen LogP contribution in [0.15, 0.2) is 53.4 Å². The topological polar surface area (TPSA) is 80.2 Å². The molecule has 0 heterocycles. The molecule has 1 aromatic carbocycles. The van der Waals surface area contributed by atoms with Gasteiger partial charge in [0.05, 0.1) is 0 Å². The quantitative estimate of drug-likeness (QED) is 0.396. The van der Waals surface area contributed by atoms with Gasteiger partial charge in [0, 0.05) is 50.7 Å². The van der Waals surface area contributed by atoms with Crippen LogP contribution in [-0.2, 0) is 9.53 Å². The molecule has 7 heteroatoms. The second kappa shape index (κ2) is 11.0. The van der Waals surface area contributed by atoms with Gasteiger partial charge in [-0.3, -0.25) is 15.1 Å². The highest BCUT2D eigenvalue weighted by atomic mass is 16.6. The second-order valence-electron chi connectivity index (χ2n) is 7.51. The zero-order valence-electron chi connectivity index (χ0n) is 18.3. The van der Waals surface area contributed by atoms with Crippen molar-refractivity contribution in [3.05, 3.63) is 48.4 Å². The van der Waals surface area contributed by atoms with Crippen LogP contribution in [0.2, 0.25) is 0 Å². The minimum atomic E-state index is -0.583. The van der Waals surface area contributed by atoms with Crippen LogP contribution < -0.4 is 10.1 Å². The molecule has 0 radical (unpaired) electrons. The van der Waals surface area contributed by atoms with Gasteiger partial charge in [0.25, 0.3) is 0 Å². The molecule has 0 unspecified atom stereocenters. The summed E-state index contributed by atoms with van der Waals surface area (Å²) < 4.78 is 11.0. The molecule has 1 amide bonds. The summed E-state index contributed by atoms with van der Waals surface area (Å²) >= 11 is 0. The van der Waals surface area contributed by atoms with Gasteiger partial charge in [-0.25, -0.2) is 4.79 Å². The van der Waals surface area contributed by atoms with Gasteiger partial charge >= 0.3 is 6.09 Å². The van der Waals surface area contributed by atoms with Crippen LogP contribution >= 0.6 is 0 Å². The molecule has 1 N–H and O–H groups in total. The Labute approximate surface area is 173 Å². The van der Waals surface area contributed by atoms with Crippen molar-refractivity contribution in [2.75, 3.05) is 26.0 Å². The van der Waals surface area contributed by atoms with E-state index in [2.05, 4.69) is 10.3 Å². The molecular formula is C22H31N3O4. The Morgan fingerprint density at radius 2 is 1.93 bits per heavy atom. The summed E-state index contributed by atoms with van der Waals surface area (Å²) in [6, 6.07) is 6.91. The van der Waals surface area contributed by atoms with Gasteiger partial charge in [0.15, 0.2) is 0 Å². The molecule has 0 aliphatic carbocycles. The molecule has 0 aliphatic heterocycles. The van der Waals surface area contributed by atoms with Gasteiger partial charge in [-0.05, 0) is 46.8 Å². The Morgan fingerprint density at radius 1 is 1.24 bits per heavy atom. The number of anilines is 1. The standard InChI is InChI=1S/C22H31N3O4/c1-8-23-19(20(26)12-13-25(6)7)14-16(2)28-18-11-9-10-17(15-18)24-21(27)29-22(3,4)5/h9-15H,8H2,1-7H3,(H,24,27)/b13-12+,16-14+,23-19?. The SMILES string of the molecule is CCN=C(/C=C(\C)Oc1cccc(NC(=O)OC(C)(C)C)c1)C(=O)/C=C/N(C)C. The van der Waals surface area contributed by atoms with Gasteiger partial charge in [-0.2, -0.15) is 0 Å². The molecule has 0 fully saturated rings. The van der Waals surface area contributed by atoms with Gasteiger partial charge < -0.3 is 14.4 Å². The Hall–Kier alpha value is -3.09. The van der Waals surface area contributed by atoms with E-state index in [1.807, 2.05) is 21.0 Å². The van der Waals surface area contributed by atoms with Crippen LogP contribution in [0.5, 0.6) is 5.75 Å². The van der Waals surface area contributed by atoms with Crippen molar-refractivity contribution in [3.8, 4) is 5.75 Å². The monoisotopic (exact) mass is 401 g/mol. The first-order valence-electron chi connectivity index (χ1n) is 9.40. The van der Waals surface area contributed by atoms with Crippen LogP contribution in [0.3, 0.4) is 0 Å². The predicted molar refractivity (Wildman–Crippen MR) is 116 cm³/mol. The number of hydrogen-bond acceptors (Lipinski definition) is 6. The minimum Gasteiger partial charge on any atom is -0.462 e. The molecule has 0 spiro atoms. The van der Waals surface area contributed by atoms with E-state index in [0.717, 1.165) is 0 Å². The van der Waals surface area contributed by atoms with Gasteiger partial charge in [-0.1, -0.05) is 6.07 Å². The molecule has 1 rings (SSSR count). The second-order valence-corrected chi connectivity index (χ2v) is 7.51. The van der Waals surface area contributed by atoms with Crippen molar-refractivity contribution in [2.45, 2.75) is 40.2 Å². The van der Waals surface area contributed by atoms with Gasteiger partial charge in [0.1, 0.15) is 22.8 Å². The third-order valence-electron chi connectivity index (χ3n) is 3.20. The Kier molecular flexibility index (Phi) is 9.12. The molecule has 0 atom stereocenters. The molecule has 29 heavy (non-hydrogen) atoms. The lowest BCUT2D eigenvalue weighted by atomic mass is 10.2. The zero-order chi connectivity index (χ0) is 22.0. The molecule has 0 saturated heterocycles. The fourth-order valence-corrected chi connectivity index (χ4v) is 2.13. The number of hydrogen-bond donors (Lipinski definition) is 1. The Bertz CT molecular complexity index is 803. The molecule has 158 valence electrons. The van der Waals surface area contributed by atoms with Crippen LogP contribution in [0.1, 0.15) is 34.6 Å². The average molecular weight is 402 g/mol. The number of ether oxygens (including phenoxy) is 2. The first-order valence-corrected chi connectivity index (χ1v) is 9.40. The van der Waals surface area contributed by atoms with E-state index in [-0.39, 0.29) is 5.78 Å². The summed E-state index contributed by atoms with van der Waals surface area (Å²) in [7, 11) is 3.67. The van der Waals surface area contributed by atoms with Crippen molar-refractivity contribution in [3.63, 3.8) is 0 Å². The van der Waals surface area contributed by atoms with Crippen LogP contribution in [0, 0.1) is 0 Å². The number of nitrogens with zero attached hydrogens (tertiary/aromatic N) is 2. The molecule has 0 aromatic heterocycles. The fourth-order valence-electron chi connectivity index (χ4n) is 2.13. The highest BCUT2D eigenvalue weighted by Crippen LogP contribution is 2.20. The fraction of sp³-hybridized carbons (Fsp3) is 0.409. The van der Waals surface area contributed by atoms with Crippen molar-refractivity contribution in [1.29, 1.82) is 0 Å². The van der Waals surface area contributed by atoms with Crippen LogP contribution in [-0.4, -0.2) is 48.7 Å². The summed E-state index contributed by atoms with van der Waals surface area (Å²) in [4.78, 5) is 30.2. The number of ketones is 1. The lowest BCUT2D eigenvalue weighted by Crippen LogP contribution is -2.27. The maximum Gasteiger partial charge on any atom is 0.412 e. The molecule has 0 aliphatic rings. The number of allylic oxidation sites excluding steroid dienone is 3. The lowest BCUT2D eigenvalue weighted by Gasteiger charge is -2.19. The Morgan fingerprint density at radius 3 is 2.52 bits per heavy atom. The number of amides is 1. The van der Waals surface area contributed by atoms with E-state index >= 15 is 0 Å². The highest BCUT2D eigenvalue weighted by Gasteiger charge is 2.16. The summed E-state index contributed by atoms with van der Waals surface area (Å²) in [5, 5.41) is 2.67. The molecule has 0 saturated carbocycles. The Balaban J connectivity index is 2.89. The number of nitrogens with one attached hydrogen (secondary N) is 1. The highest BCUT2D eigenvalue weighted by molar-refractivity contribution is 6.48. The first kappa shape index (κ1) is 23.9. The number of carbonyl (C=O) groups is 2. The summed E-state index contributed by atoms with van der Waals surface area (Å²) in [6.45, 7) is 9.47. The normalized spacial score (nSPS) is 12.7. The van der Waals surface area contributed by atoms with Crippen molar-refractivity contribution < 1.29 is 19.1 Å². The van der Waals surface area contributed by atoms with E-state index in [0.29, 0.717) is 29.5 Å². The molecule has 7 nitrogen and oxygen atoms in total. The molecule has 1 aromatic rings. The number of aliphatic imine (C=N–C) groups is 1. The van der Waals surface area contributed by atoms with Gasteiger partial charge in [-0.15, -0.1) is 0 Å². The minimum absolute atomic E-state index is 0.205. The van der Waals surface area contributed by atoms with Crippen molar-refractivity contribution in [2.24, 2.45) is 4.99 Å². The maximum atomic E-state index is 12.3.